The van der Waals surface area contributed by atoms with Crippen LogP contribution in [0.2, 0.25) is 0 Å². The van der Waals surface area contributed by atoms with Crippen LogP contribution < -0.4 is 0 Å². The highest BCUT2D eigenvalue weighted by Gasteiger charge is 2.45. The smallest absolute Gasteiger partial charge is 0.338 e. The fourth-order valence-electron chi connectivity index (χ4n) is 1.00. The monoisotopic (exact) mass is 178 g/mol. The lowest BCUT2D eigenvalue weighted by Gasteiger charge is -2.17. The fraction of sp³-hybridized carbons (Fsp3) is 0.833. The van der Waals surface area contributed by atoms with Crippen molar-refractivity contribution >= 4 is 5.97 Å². The molecular formula is C6H10O6. The van der Waals surface area contributed by atoms with E-state index in [9.17, 15) is 4.79 Å². The van der Waals surface area contributed by atoms with Crippen LogP contribution in [0.5, 0.6) is 0 Å². The summed E-state index contributed by atoms with van der Waals surface area (Å²) in [6.07, 6.45) is -5.70. The lowest BCUT2D eigenvalue weighted by atomic mass is 10.1. The van der Waals surface area contributed by atoms with Gasteiger partial charge in [0.25, 0.3) is 0 Å². The summed E-state index contributed by atoms with van der Waals surface area (Å²) in [7, 11) is 0. The largest absolute Gasteiger partial charge is 0.455 e. The third-order valence-electron chi connectivity index (χ3n) is 1.72. The third-order valence-corrected chi connectivity index (χ3v) is 1.72. The molecule has 0 amide bonds. The van der Waals surface area contributed by atoms with Crippen LogP contribution in [0.3, 0.4) is 0 Å². The van der Waals surface area contributed by atoms with Gasteiger partial charge in [0, 0.05) is 0 Å². The van der Waals surface area contributed by atoms with Crippen LogP contribution >= 0.6 is 0 Å². The van der Waals surface area contributed by atoms with Crippen molar-refractivity contribution in [2.24, 2.45) is 0 Å². The van der Waals surface area contributed by atoms with Gasteiger partial charge in [0.15, 0.2) is 12.2 Å². The lowest BCUT2D eigenvalue weighted by Crippen LogP contribution is -2.40. The molecule has 1 unspecified atom stereocenters. The molecule has 0 aliphatic carbocycles. The predicted octanol–water partition coefficient (Wildman–Crippen LogP) is -3.01. The summed E-state index contributed by atoms with van der Waals surface area (Å²) in [4.78, 5) is 10.6. The first-order chi connectivity index (χ1) is 5.57. The molecule has 0 spiro atoms. The fourth-order valence-corrected chi connectivity index (χ4v) is 1.00. The Bertz CT molecular complexity index is 181. The van der Waals surface area contributed by atoms with Gasteiger partial charge in [-0.25, -0.2) is 4.79 Å². The topological polar surface area (TPSA) is 107 Å². The highest BCUT2D eigenvalue weighted by atomic mass is 16.6. The number of carbonyl (C=O) groups excluding carboxylic acids is 1. The minimum absolute atomic E-state index is 0.637. The number of aliphatic hydroxyl groups is 4. The van der Waals surface area contributed by atoms with Gasteiger partial charge in [0.2, 0.25) is 0 Å². The summed E-state index contributed by atoms with van der Waals surface area (Å²) < 4.78 is 4.39. The third kappa shape index (κ3) is 1.42. The van der Waals surface area contributed by atoms with E-state index in [4.69, 9.17) is 20.4 Å². The average molecular weight is 178 g/mol. The zero-order valence-electron chi connectivity index (χ0n) is 6.12. The van der Waals surface area contributed by atoms with E-state index < -0.39 is 37.0 Å². The lowest BCUT2D eigenvalue weighted by molar-refractivity contribution is -0.151. The Morgan fingerprint density at radius 3 is 2.42 bits per heavy atom. The number of carbonyl (C=O) groups is 1. The van der Waals surface area contributed by atoms with Crippen molar-refractivity contribution in [3.8, 4) is 0 Å². The molecule has 6 heteroatoms. The van der Waals surface area contributed by atoms with Gasteiger partial charge in [-0.1, -0.05) is 0 Å². The van der Waals surface area contributed by atoms with Crippen molar-refractivity contribution in [3.05, 3.63) is 0 Å². The molecule has 1 rings (SSSR count). The second-order valence-corrected chi connectivity index (χ2v) is 2.59. The predicted molar refractivity (Wildman–Crippen MR) is 35.0 cm³/mol. The first-order valence-corrected chi connectivity index (χ1v) is 3.43. The molecule has 0 radical (unpaired) electrons. The van der Waals surface area contributed by atoms with E-state index in [-0.39, 0.29) is 0 Å². The average Bonchev–Trinajstić information content (AvgIpc) is 2.32. The van der Waals surface area contributed by atoms with Gasteiger partial charge in [0.1, 0.15) is 12.2 Å². The molecule has 70 valence electrons. The molecule has 12 heavy (non-hydrogen) atoms. The molecule has 0 aromatic rings. The van der Waals surface area contributed by atoms with Crippen molar-refractivity contribution in [3.63, 3.8) is 0 Å². The summed E-state index contributed by atoms with van der Waals surface area (Å²) in [5.74, 6) is -0.986. The molecule has 0 aromatic heterocycles. The minimum Gasteiger partial charge on any atom is -0.455 e. The van der Waals surface area contributed by atoms with Gasteiger partial charge < -0.3 is 25.2 Å². The standard InChI is InChI=1S/C6H10O6/c7-1-2(8)5-3(9)4(10)6(11)12-5/h2-5,7-10H,1H2/t2-,3+,4-,5?/m0/s1. The van der Waals surface area contributed by atoms with Gasteiger partial charge in [-0.3, -0.25) is 0 Å². The summed E-state index contributed by atoms with van der Waals surface area (Å²) >= 11 is 0. The van der Waals surface area contributed by atoms with Gasteiger partial charge in [-0.05, 0) is 0 Å². The number of hydrogen-bond donors (Lipinski definition) is 4. The van der Waals surface area contributed by atoms with Crippen LogP contribution in [0.25, 0.3) is 0 Å². The summed E-state index contributed by atoms with van der Waals surface area (Å²) in [6, 6.07) is 0. The van der Waals surface area contributed by atoms with E-state index in [1.165, 1.54) is 0 Å². The van der Waals surface area contributed by atoms with E-state index in [0.29, 0.717) is 0 Å². The SMILES string of the molecule is O=C1OC([C@@H](O)CO)[C@H](O)[C@@H]1O. The van der Waals surface area contributed by atoms with Crippen LogP contribution in [0.4, 0.5) is 0 Å². The Kier molecular flexibility index (Phi) is 2.63. The first-order valence-electron chi connectivity index (χ1n) is 3.43. The highest BCUT2D eigenvalue weighted by molar-refractivity contribution is 5.77. The first kappa shape index (κ1) is 9.40. The van der Waals surface area contributed by atoms with Crippen molar-refractivity contribution in [1.82, 2.24) is 0 Å². The van der Waals surface area contributed by atoms with Crippen molar-refractivity contribution in [1.29, 1.82) is 0 Å². The molecule has 1 saturated heterocycles. The zero-order valence-corrected chi connectivity index (χ0v) is 6.12. The molecule has 1 heterocycles. The van der Waals surface area contributed by atoms with Crippen LogP contribution in [0.1, 0.15) is 0 Å². The normalized spacial score (nSPS) is 38.0. The van der Waals surface area contributed by atoms with E-state index in [2.05, 4.69) is 4.74 Å². The van der Waals surface area contributed by atoms with Gasteiger partial charge in [-0.15, -0.1) is 0 Å². The van der Waals surface area contributed by atoms with Gasteiger partial charge in [-0.2, -0.15) is 0 Å². The molecule has 0 saturated carbocycles. The number of cyclic esters (lactones) is 1. The Morgan fingerprint density at radius 2 is 2.08 bits per heavy atom. The van der Waals surface area contributed by atoms with E-state index in [0.717, 1.165) is 0 Å². The Hall–Kier alpha value is -0.690. The molecule has 4 atom stereocenters. The Morgan fingerprint density at radius 1 is 1.50 bits per heavy atom. The Labute approximate surface area is 68.0 Å². The number of rotatable bonds is 2. The summed E-state index contributed by atoms with van der Waals surface area (Å²) in [5, 5.41) is 35.3. The van der Waals surface area contributed by atoms with E-state index in [1.807, 2.05) is 0 Å². The molecule has 4 N–H and O–H groups in total. The van der Waals surface area contributed by atoms with Crippen molar-refractivity contribution in [2.75, 3.05) is 6.61 Å². The summed E-state index contributed by atoms with van der Waals surface area (Å²) in [5.41, 5.74) is 0. The molecule has 6 nitrogen and oxygen atoms in total. The molecule has 1 aliphatic rings. The number of aliphatic hydroxyl groups excluding tert-OH is 4. The number of esters is 1. The van der Waals surface area contributed by atoms with Crippen LogP contribution in [0.15, 0.2) is 0 Å². The van der Waals surface area contributed by atoms with Crippen molar-refractivity contribution in [2.45, 2.75) is 24.4 Å². The maximum absolute atomic E-state index is 10.6. The van der Waals surface area contributed by atoms with Crippen LogP contribution in [-0.4, -0.2) is 57.4 Å². The van der Waals surface area contributed by atoms with E-state index >= 15 is 0 Å². The van der Waals surface area contributed by atoms with Gasteiger partial charge >= 0.3 is 5.97 Å². The van der Waals surface area contributed by atoms with E-state index in [1.54, 1.807) is 0 Å². The zero-order chi connectivity index (χ0) is 9.30. The Balaban J connectivity index is 2.64. The second kappa shape index (κ2) is 3.36. The van der Waals surface area contributed by atoms with Crippen LogP contribution in [-0.2, 0) is 9.53 Å². The van der Waals surface area contributed by atoms with Crippen molar-refractivity contribution < 1.29 is 30.0 Å². The second-order valence-electron chi connectivity index (χ2n) is 2.59. The van der Waals surface area contributed by atoms with Gasteiger partial charge in [0.05, 0.1) is 6.61 Å². The van der Waals surface area contributed by atoms with Crippen LogP contribution in [0, 0.1) is 0 Å². The summed E-state index contributed by atoms with van der Waals surface area (Å²) in [6.45, 7) is -0.637. The maximum atomic E-state index is 10.6. The molecule has 1 aliphatic heterocycles. The molecular weight excluding hydrogens is 168 g/mol. The molecule has 0 bridgehead atoms. The number of ether oxygens (including phenoxy) is 1. The molecule has 0 aromatic carbocycles. The highest BCUT2D eigenvalue weighted by Crippen LogP contribution is 2.18. The molecule has 1 fully saturated rings. The maximum Gasteiger partial charge on any atom is 0.338 e. The number of hydrogen-bond acceptors (Lipinski definition) is 6. The minimum atomic E-state index is -1.63. The quantitative estimate of drug-likeness (QED) is 0.335.